The van der Waals surface area contributed by atoms with Gasteiger partial charge in [-0.05, 0) is 90.3 Å². The van der Waals surface area contributed by atoms with Gasteiger partial charge in [0.2, 0.25) is 17.7 Å². The molecule has 26 nitrogen and oxygen atoms in total. The molecule has 0 spiro atoms. The van der Waals surface area contributed by atoms with E-state index in [0.717, 1.165) is 5.01 Å². The van der Waals surface area contributed by atoms with E-state index in [1.165, 1.54) is 48.1 Å². The van der Waals surface area contributed by atoms with Crippen LogP contribution in [-0.2, 0) is 79.9 Å². The Morgan fingerprint density at radius 1 is 0.725 bits per heavy atom. The number of hydrogen-bond donors (Lipinski definition) is 8. The minimum atomic E-state index is -2.07. The molecule has 1 aliphatic heterocycles. The van der Waals surface area contributed by atoms with Crippen LogP contribution in [0.3, 0.4) is 0 Å². The van der Waals surface area contributed by atoms with Gasteiger partial charge in [0.25, 0.3) is 17.7 Å². The van der Waals surface area contributed by atoms with E-state index in [1.807, 2.05) is 0 Å². The van der Waals surface area contributed by atoms with Crippen LogP contribution < -0.4 is 37.2 Å². The van der Waals surface area contributed by atoms with Crippen LogP contribution in [-0.4, -0.2) is 165 Å². The number of hydrazone groups is 1. The number of ether oxygens (including phenoxy) is 7. The first-order valence-corrected chi connectivity index (χ1v) is 25.8. The molecule has 0 radical (unpaired) electrons. The Kier molecular flexibility index (Phi) is 27.7. The number of rotatable bonds is 30. The fourth-order valence-electron chi connectivity index (χ4n) is 7.52. The molecular weight excluding hydrogens is 1050 g/mol. The van der Waals surface area contributed by atoms with Gasteiger partial charge in [-0.1, -0.05) is 74.5 Å². The van der Waals surface area contributed by atoms with Gasteiger partial charge in [0.05, 0.1) is 25.9 Å². The number of methoxy groups -OCH3 is 2. The molecule has 1 aliphatic rings. The monoisotopic (exact) mass is 1130 g/mol. The molecule has 3 rings (SSSR count). The van der Waals surface area contributed by atoms with Crippen LogP contribution in [0.4, 0.5) is 9.59 Å². The highest BCUT2D eigenvalue weighted by molar-refractivity contribution is 6.02. The highest BCUT2D eigenvalue weighted by Crippen LogP contribution is 2.19. The third kappa shape index (κ3) is 22.3. The number of benzene rings is 2. The van der Waals surface area contributed by atoms with Crippen molar-refractivity contribution in [3.63, 3.8) is 0 Å². The normalized spacial score (nSPS) is 15.1. The smallest absolute Gasteiger partial charge is 0.408 e. The molecule has 0 unspecified atom stereocenters. The zero-order chi connectivity index (χ0) is 59.6. The van der Waals surface area contributed by atoms with E-state index in [2.05, 4.69) is 42.3 Å². The lowest BCUT2D eigenvalue weighted by atomic mass is 9.99. The molecule has 0 aliphatic carbocycles. The van der Waals surface area contributed by atoms with E-state index in [9.17, 15) is 48.3 Å². The molecule has 26 heteroatoms. The van der Waals surface area contributed by atoms with Crippen LogP contribution in [0, 0.1) is 5.92 Å². The molecular formula is C54H79N9O17. The summed E-state index contributed by atoms with van der Waals surface area (Å²) in [5, 5.41) is 32.8. The van der Waals surface area contributed by atoms with Crippen molar-refractivity contribution in [3.8, 4) is 0 Å². The fourth-order valence-corrected chi connectivity index (χ4v) is 7.52. The summed E-state index contributed by atoms with van der Waals surface area (Å²) in [5.74, 6) is -6.78. The third-order valence-electron chi connectivity index (χ3n) is 11.5. The summed E-state index contributed by atoms with van der Waals surface area (Å²) in [4.78, 5) is 125. The maximum absolute atomic E-state index is 14.9. The number of amides is 8. The number of aliphatic hydroxyl groups is 1. The van der Waals surface area contributed by atoms with Crippen molar-refractivity contribution in [2.75, 3.05) is 47.6 Å². The molecule has 0 saturated carbocycles. The van der Waals surface area contributed by atoms with E-state index in [4.69, 9.17) is 33.2 Å². The van der Waals surface area contributed by atoms with E-state index < -0.39 is 121 Å². The van der Waals surface area contributed by atoms with Crippen molar-refractivity contribution < 1.29 is 81.4 Å². The van der Waals surface area contributed by atoms with Crippen LogP contribution in [0.2, 0.25) is 0 Å². The predicted molar refractivity (Wildman–Crippen MR) is 288 cm³/mol. The maximum atomic E-state index is 14.9. The van der Waals surface area contributed by atoms with Gasteiger partial charge in [0, 0.05) is 20.4 Å². The van der Waals surface area contributed by atoms with E-state index >= 15 is 0 Å². The summed E-state index contributed by atoms with van der Waals surface area (Å²) >= 11 is 0. The lowest BCUT2D eigenvalue weighted by Crippen LogP contribution is -2.67. The van der Waals surface area contributed by atoms with Crippen molar-refractivity contribution in [1.82, 2.24) is 42.2 Å². The van der Waals surface area contributed by atoms with Gasteiger partial charge in [-0.2, -0.15) is 5.10 Å². The summed E-state index contributed by atoms with van der Waals surface area (Å²) in [6.07, 6.45) is -0.479. The van der Waals surface area contributed by atoms with Crippen molar-refractivity contribution in [2.45, 2.75) is 142 Å². The molecule has 0 aromatic heterocycles. The number of alkyl carbamates (subject to hydrolysis) is 2. The van der Waals surface area contributed by atoms with Crippen LogP contribution in [0.1, 0.15) is 92.7 Å². The first kappa shape index (κ1) is 66.8. The Bertz CT molecular complexity index is 2440. The quantitative estimate of drug-likeness (QED) is 0.0182. The largest absolute Gasteiger partial charge is 0.459 e. The van der Waals surface area contributed by atoms with Gasteiger partial charge < -0.3 is 75.5 Å². The number of carbonyl (C=O) groups excluding carboxylic acids is 9. The lowest BCUT2D eigenvalue weighted by molar-refractivity contribution is -0.150. The summed E-state index contributed by atoms with van der Waals surface area (Å²) in [5.41, 5.74) is -1.74. The molecule has 442 valence electrons. The molecule has 0 fully saturated rings. The van der Waals surface area contributed by atoms with Gasteiger partial charge in [-0.25, -0.2) is 19.4 Å². The molecule has 2 aromatic rings. The first-order valence-electron chi connectivity index (χ1n) is 25.8. The standard InChI is InChI=1S/C54H79N9O17/c1-33(2)25-39(45(66)60-42(34(3)4)47(68)59-40(26-64)49(70)78-27-37-19-14-12-15-20-37)58-46(67)41-23-18-24-55-63(41)48(69)43(35(5)57-51(72)79-28-38-21-16-13-17-22-38)61-44(65)36(6)56-50(71)54(29-76-31-74-10,30-77-32-75-11)62-52(73)80-53(7,8)9/h12-17,19-22,24,33,35-36,39-41,43,64H,18,23,25-32H2,1-11H3,(H,56,71)(H,57,72)(H,58,67)(H,59,68)(H,60,66)(H,61,65)(H,62,73)/t35-,36-,39-,40-,41-,43-/m0/s1. The van der Waals surface area contributed by atoms with E-state index in [1.54, 1.807) is 95.3 Å². The van der Waals surface area contributed by atoms with Crippen LogP contribution in [0.25, 0.3) is 0 Å². The van der Waals surface area contributed by atoms with Gasteiger partial charge in [-0.3, -0.25) is 28.8 Å². The molecule has 2 aromatic carbocycles. The summed E-state index contributed by atoms with van der Waals surface area (Å²) in [6, 6.07) is 8.66. The van der Waals surface area contributed by atoms with Crippen molar-refractivity contribution in [2.24, 2.45) is 11.0 Å². The van der Waals surface area contributed by atoms with Gasteiger partial charge >= 0.3 is 18.2 Å². The summed E-state index contributed by atoms with van der Waals surface area (Å²) in [7, 11) is 2.67. The molecule has 8 N–H and O–H groups in total. The molecule has 6 atom stereocenters. The minimum absolute atomic E-state index is 0.0291. The maximum Gasteiger partial charge on any atom is 0.408 e. The second-order valence-corrected chi connectivity index (χ2v) is 20.3. The Hall–Kier alpha value is -7.52. The third-order valence-corrected chi connectivity index (χ3v) is 11.5. The van der Waals surface area contributed by atoms with Gasteiger partial charge in [0.15, 0.2) is 11.6 Å². The van der Waals surface area contributed by atoms with Crippen LogP contribution in [0.5, 0.6) is 0 Å². The minimum Gasteiger partial charge on any atom is -0.459 e. The molecule has 0 saturated heterocycles. The number of hydrogen-bond acceptors (Lipinski definition) is 18. The number of allylic oxidation sites excluding steroid dienone is 1. The number of esters is 1. The number of nitrogens with zero attached hydrogens (tertiary/aromatic N) is 2. The summed E-state index contributed by atoms with van der Waals surface area (Å²) in [6.45, 7) is 11.2. The Morgan fingerprint density at radius 3 is 1.82 bits per heavy atom. The average Bonchev–Trinajstić information content (AvgIpc) is 3.41. The van der Waals surface area contributed by atoms with Crippen molar-refractivity contribution >= 4 is 59.8 Å². The Labute approximate surface area is 466 Å². The van der Waals surface area contributed by atoms with Crippen LogP contribution >= 0.6 is 0 Å². The second-order valence-electron chi connectivity index (χ2n) is 20.3. The van der Waals surface area contributed by atoms with Crippen molar-refractivity contribution in [1.29, 1.82) is 0 Å². The van der Waals surface area contributed by atoms with Crippen molar-refractivity contribution in [3.05, 3.63) is 83.1 Å². The SMILES string of the molecule is COCOCC(COCOC)(NC(=O)OC(C)(C)C)C(=O)N[C@@H](C)C(=O)N[C@H](C(=O)N1N=CCC[C@H]1C(=O)N[C@@H](CC(C)C)C(=O)NC(C(=O)N[C@@H](CO)C(=O)OCc1ccccc1)=C(C)C)[C@H](C)NC(=O)OCc1ccccc1. The Morgan fingerprint density at radius 2 is 1.30 bits per heavy atom. The molecule has 0 bridgehead atoms. The predicted octanol–water partition coefficient (Wildman–Crippen LogP) is 1.93. The highest BCUT2D eigenvalue weighted by Gasteiger charge is 2.45. The topological polar surface area (TPSA) is 338 Å². The van der Waals surface area contributed by atoms with E-state index in [-0.39, 0.29) is 57.7 Å². The number of carbonyl (C=O) groups is 9. The van der Waals surface area contributed by atoms with E-state index in [0.29, 0.717) is 16.7 Å². The Balaban J connectivity index is 1.93. The molecule has 1 heterocycles. The second kappa shape index (κ2) is 33.2. The number of aliphatic hydroxyl groups excluding tert-OH is 1. The zero-order valence-corrected chi connectivity index (χ0v) is 47.3. The molecule has 80 heavy (non-hydrogen) atoms. The average molecular weight is 1130 g/mol. The zero-order valence-electron chi connectivity index (χ0n) is 47.3. The fraction of sp³-hybridized carbons (Fsp3) is 0.556. The van der Waals surface area contributed by atoms with Crippen LogP contribution in [0.15, 0.2) is 77.0 Å². The van der Waals surface area contributed by atoms with Gasteiger partial charge in [0.1, 0.15) is 62.3 Å². The lowest BCUT2D eigenvalue weighted by Gasteiger charge is -2.36. The first-order chi connectivity index (χ1) is 37.8. The summed E-state index contributed by atoms with van der Waals surface area (Å²) < 4.78 is 37.2. The highest BCUT2D eigenvalue weighted by atomic mass is 16.7. The number of nitrogens with one attached hydrogen (secondary N) is 7. The molecule has 8 amide bonds. The van der Waals surface area contributed by atoms with Gasteiger partial charge in [-0.15, -0.1) is 0 Å².